The SMILES string of the molecule is C=CCn1c(COc2ccccc2OC)nnc1SCC(=O)Nc1ccc(Cl)c(Cl)c1. The number of ether oxygens (including phenoxy) is 2. The van der Waals surface area contributed by atoms with E-state index in [9.17, 15) is 4.79 Å². The normalized spacial score (nSPS) is 10.5. The van der Waals surface area contributed by atoms with Crippen LogP contribution < -0.4 is 14.8 Å². The summed E-state index contributed by atoms with van der Waals surface area (Å²) in [7, 11) is 1.58. The minimum absolute atomic E-state index is 0.142. The van der Waals surface area contributed by atoms with Gasteiger partial charge in [-0.3, -0.25) is 9.36 Å². The van der Waals surface area contributed by atoms with Crippen LogP contribution in [0.1, 0.15) is 5.82 Å². The van der Waals surface area contributed by atoms with Crippen molar-refractivity contribution < 1.29 is 14.3 Å². The molecular weight excluding hydrogens is 459 g/mol. The van der Waals surface area contributed by atoms with Crippen molar-refractivity contribution in [1.29, 1.82) is 0 Å². The zero-order valence-corrected chi connectivity index (χ0v) is 19.0. The molecule has 3 rings (SSSR count). The molecule has 3 aromatic rings. The van der Waals surface area contributed by atoms with E-state index in [2.05, 4.69) is 22.1 Å². The second-order valence-corrected chi connectivity index (χ2v) is 7.96. The smallest absolute Gasteiger partial charge is 0.234 e. The van der Waals surface area contributed by atoms with Crippen LogP contribution in [0, 0.1) is 0 Å². The number of nitrogens with zero attached hydrogens (tertiary/aromatic N) is 3. The van der Waals surface area contributed by atoms with Crippen molar-refractivity contribution >= 4 is 46.6 Å². The van der Waals surface area contributed by atoms with Crippen molar-refractivity contribution in [3.8, 4) is 11.5 Å². The van der Waals surface area contributed by atoms with Gasteiger partial charge in [0.1, 0.15) is 6.61 Å². The van der Waals surface area contributed by atoms with Crippen LogP contribution >= 0.6 is 35.0 Å². The van der Waals surface area contributed by atoms with E-state index in [1.54, 1.807) is 31.4 Å². The molecule has 0 aliphatic carbocycles. The molecule has 0 spiro atoms. The van der Waals surface area contributed by atoms with Gasteiger partial charge in [-0.25, -0.2) is 0 Å². The maximum absolute atomic E-state index is 12.3. The summed E-state index contributed by atoms with van der Waals surface area (Å²) in [6.45, 7) is 4.45. The van der Waals surface area contributed by atoms with Crippen LogP contribution in [0.5, 0.6) is 11.5 Å². The van der Waals surface area contributed by atoms with Gasteiger partial charge in [-0.2, -0.15) is 0 Å². The number of methoxy groups -OCH3 is 1. The van der Waals surface area contributed by atoms with Gasteiger partial charge in [-0.05, 0) is 30.3 Å². The second-order valence-electron chi connectivity index (χ2n) is 6.20. The Balaban J connectivity index is 1.63. The van der Waals surface area contributed by atoms with Gasteiger partial charge in [0.05, 0.1) is 22.9 Å². The Morgan fingerprint density at radius 3 is 2.68 bits per heavy atom. The van der Waals surface area contributed by atoms with Crippen LogP contribution in [0.15, 0.2) is 60.3 Å². The number of para-hydroxylation sites is 2. The Kier molecular flexibility index (Phi) is 8.22. The Labute approximate surface area is 194 Å². The summed E-state index contributed by atoms with van der Waals surface area (Å²) in [6.07, 6.45) is 1.73. The molecule has 1 N–H and O–H groups in total. The highest BCUT2D eigenvalue weighted by Crippen LogP contribution is 2.27. The largest absolute Gasteiger partial charge is 0.493 e. The number of benzene rings is 2. The molecule has 0 bridgehead atoms. The number of hydrogen-bond donors (Lipinski definition) is 1. The summed E-state index contributed by atoms with van der Waals surface area (Å²) in [5.74, 6) is 1.78. The van der Waals surface area contributed by atoms with Gasteiger partial charge in [0.25, 0.3) is 0 Å². The van der Waals surface area contributed by atoms with Gasteiger partial charge in [0, 0.05) is 12.2 Å². The predicted octanol–water partition coefficient (Wildman–Crippen LogP) is 5.09. The van der Waals surface area contributed by atoms with E-state index in [-0.39, 0.29) is 18.3 Å². The first-order valence-corrected chi connectivity index (χ1v) is 10.9. The van der Waals surface area contributed by atoms with Crippen molar-refractivity contribution in [3.05, 3.63) is 71.0 Å². The lowest BCUT2D eigenvalue weighted by atomic mass is 10.3. The standard InChI is InChI=1S/C21H20Cl2N4O3S/c1-3-10-27-19(12-30-18-7-5-4-6-17(18)29-2)25-26-21(27)31-13-20(28)24-14-8-9-15(22)16(23)11-14/h3-9,11H,1,10,12-13H2,2H3,(H,24,28). The first kappa shape index (κ1) is 23.0. The highest BCUT2D eigenvalue weighted by Gasteiger charge is 2.15. The van der Waals surface area contributed by atoms with E-state index in [0.717, 1.165) is 0 Å². The van der Waals surface area contributed by atoms with Gasteiger partial charge < -0.3 is 14.8 Å². The third-order valence-corrected chi connectivity index (χ3v) is 5.77. The quantitative estimate of drug-likeness (QED) is 0.323. The fraction of sp³-hybridized carbons (Fsp3) is 0.190. The monoisotopic (exact) mass is 478 g/mol. The number of carbonyl (C=O) groups is 1. The summed E-state index contributed by atoms with van der Waals surface area (Å²) in [5, 5.41) is 12.6. The van der Waals surface area contributed by atoms with Crippen LogP contribution in [-0.4, -0.2) is 33.5 Å². The Morgan fingerprint density at radius 1 is 1.19 bits per heavy atom. The fourth-order valence-corrected chi connectivity index (χ4v) is 3.69. The van der Waals surface area contributed by atoms with E-state index in [4.69, 9.17) is 32.7 Å². The lowest BCUT2D eigenvalue weighted by molar-refractivity contribution is -0.113. The van der Waals surface area contributed by atoms with E-state index in [0.29, 0.717) is 44.8 Å². The van der Waals surface area contributed by atoms with Gasteiger partial charge >= 0.3 is 0 Å². The molecule has 1 amide bonds. The highest BCUT2D eigenvalue weighted by molar-refractivity contribution is 7.99. The molecule has 0 aliphatic heterocycles. The summed E-state index contributed by atoms with van der Waals surface area (Å²) >= 11 is 13.1. The zero-order chi connectivity index (χ0) is 22.2. The average Bonchev–Trinajstić information content (AvgIpc) is 3.15. The van der Waals surface area contributed by atoms with Crippen molar-refractivity contribution in [1.82, 2.24) is 14.8 Å². The second kappa shape index (κ2) is 11.1. The third kappa shape index (κ3) is 6.16. The lowest BCUT2D eigenvalue weighted by Crippen LogP contribution is -2.15. The number of carbonyl (C=O) groups excluding carboxylic acids is 1. The van der Waals surface area contributed by atoms with Crippen LogP contribution in [0.3, 0.4) is 0 Å². The van der Waals surface area contributed by atoms with Crippen molar-refractivity contribution in [3.63, 3.8) is 0 Å². The van der Waals surface area contributed by atoms with Crippen LogP contribution in [-0.2, 0) is 17.9 Å². The van der Waals surface area contributed by atoms with Crippen LogP contribution in [0.4, 0.5) is 5.69 Å². The minimum atomic E-state index is -0.205. The molecule has 0 aliphatic rings. The number of thioether (sulfide) groups is 1. The Morgan fingerprint density at radius 2 is 1.97 bits per heavy atom. The number of allylic oxidation sites excluding steroid dienone is 1. The van der Waals surface area contributed by atoms with E-state index >= 15 is 0 Å². The maximum atomic E-state index is 12.3. The number of aromatic nitrogens is 3. The summed E-state index contributed by atoms with van der Waals surface area (Å²) in [5.41, 5.74) is 0.568. The van der Waals surface area contributed by atoms with Gasteiger partial charge in [-0.1, -0.05) is 53.2 Å². The molecule has 0 unspecified atom stereocenters. The number of amides is 1. The van der Waals surface area contributed by atoms with Gasteiger partial charge in [0.2, 0.25) is 5.91 Å². The molecule has 1 heterocycles. The number of nitrogens with one attached hydrogen (secondary N) is 1. The van der Waals surface area contributed by atoms with E-state index in [1.807, 2.05) is 28.8 Å². The topological polar surface area (TPSA) is 78.3 Å². The first-order valence-electron chi connectivity index (χ1n) is 9.18. The molecule has 2 aromatic carbocycles. The number of halogens is 2. The van der Waals surface area contributed by atoms with Crippen molar-refractivity contribution in [2.75, 3.05) is 18.2 Å². The maximum Gasteiger partial charge on any atom is 0.234 e. The number of rotatable bonds is 10. The van der Waals surface area contributed by atoms with Crippen LogP contribution in [0.2, 0.25) is 10.0 Å². The number of hydrogen-bond acceptors (Lipinski definition) is 6. The lowest BCUT2D eigenvalue weighted by Gasteiger charge is -2.11. The molecule has 0 fully saturated rings. The summed E-state index contributed by atoms with van der Waals surface area (Å²) < 4.78 is 13.0. The Bertz CT molecular complexity index is 1070. The van der Waals surface area contributed by atoms with Crippen molar-refractivity contribution in [2.45, 2.75) is 18.3 Å². The zero-order valence-electron chi connectivity index (χ0n) is 16.7. The molecule has 0 saturated heterocycles. The predicted molar refractivity (Wildman–Crippen MR) is 123 cm³/mol. The molecule has 7 nitrogen and oxygen atoms in total. The molecular formula is C21H20Cl2N4O3S. The minimum Gasteiger partial charge on any atom is -0.493 e. The van der Waals surface area contributed by atoms with E-state index < -0.39 is 0 Å². The van der Waals surface area contributed by atoms with Gasteiger partial charge in [0.15, 0.2) is 22.5 Å². The van der Waals surface area contributed by atoms with Crippen LogP contribution in [0.25, 0.3) is 0 Å². The molecule has 162 valence electrons. The summed E-state index contributed by atoms with van der Waals surface area (Å²) in [4.78, 5) is 12.3. The van der Waals surface area contributed by atoms with Crippen molar-refractivity contribution in [2.24, 2.45) is 0 Å². The third-order valence-electron chi connectivity index (χ3n) is 4.07. The first-order chi connectivity index (χ1) is 15.0. The summed E-state index contributed by atoms with van der Waals surface area (Å²) in [6, 6.07) is 12.3. The van der Waals surface area contributed by atoms with E-state index in [1.165, 1.54) is 11.8 Å². The molecule has 10 heteroatoms. The molecule has 0 radical (unpaired) electrons. The molecule has 0 atom stereocenters. The molecule has 31 heavy (non-hydrogen) atoms. The average molecular weight is 479 g/mol. The Hall–Kier alpha value is -2.68. The molecule has 1 aromatic heterocycles. The highest BCUT2D eigenvalue weighted by atomic mass is 35.5. The molecule has 0 saturated carbocycles. The fourth-order valence-electron chi connectivity index (χ4n) is 2.63. The number of anilines is 1. The van der Waals surface area contributed by atoms with Gasteiger partial charge in [-0.15, -0.1) is 16.8 Å².